The molecular formula is C16H22N2O2. The third-order valence-corrected chi connectivity index (χ3v) is 4.30. The predicted molar refractivity (Wildman–Crippen MR) is 78.0 cm³/mol. The first kappa shape index (κ1) is 13.4. The maximum atomic E-state index is 12.5. The molecule has 2 atom stereocenters. The van der Waals surface area contributed by atoms with Crippen LogP contribution in [0, 0.1) is 5.92 Å². The number of benzene rings is 1. The fraction of sp³-hybridized carbons (Fsp3) is 0.562. The van der Waals surface area contributed by atoms with Gasteiger partial charge in [0, 0.05) is 24.7 Å². The second-order valence-electron chi connectivity index (χ2n) is 5.63. The Morgan fingerprint density at radius 1 is 1.35 bits per heavy atom. The Kier molecular flexibility index (Phi) is 3.92. The average molecular weight is 274 g/mol. The SMILES string of the molecule is CCOc1ccc(C(=O)N2CC3CCCNC3C2)cc1. The van der Waals surface area contributed by atoms with E-state index >= 15 is 0 Å². The van der Waals surface area contributed by atoms with E-state index in [9.17, 15) is 4.79 Å². The van der Waals surface area contributed by atoms with Crippen LogP contribution in [-0.4, -0.2) is 43.1 Å². The number of amides is 1. The fourth-order valence-electron chi connectivity index (χ4n) is 3.26. The number of carbonyl (C=O) groups excluding carboxylic acids is 1. The van der Waals surface area contributed by atoms with Crippen molar-refractivity contribution in [3.63, 3.8) is 0 Å². The standard InChI is InChI=1S/C16H22N2O2/c1-2-20-14-7-5-12(6-8-14)16(19)18-10-13-4-3-9-17-15(13)11-18/h5-8,13,15,17H,2-4,9-11H2,1H3. The minimum atomic E-state index is 0.143. The molecule has 0 radical (unpaired) electrons. The summed E-state index contributed by atoms with van der Waals surface area (Å²) in [6, 6.07) is 7.97. The Balaban J connectivity index is 1.66. The smallest absolute Gasteiger partial charge is 0.253 e. The second kappa shape index (κ2) is 5.83. The Hall–Kier alpha value is -1.55. The van der Waals surface area contributed by atoms with Gasteiger partial charge in [-0.05, 0) is 56.5 Å². The van der Waals surface area contributed by atoms with Gasteiger partial charge in [-0.25, -0.2) is 0 Å². The summed E-state index contributed by atoms with van der Waals surface area (Å²) in [5, 5.41) is 3.53. The van der Waals surface area contributed by atoms with Gasteiger partial charge in [0.2, 0.25) is 0 Å². The molecule has 4 nitrogen and oxygen atoms in total. The normalized spacial score (nSPS) is 25.4. The molecular weight excluding hydrogens is 252 g/mol. The van der Waals surface area contributed by atoms with Crippen molar-refractivity contribution in [3.05, 3.63) is 29.8 Å². The summed E-state index contributed by atoms with van der Waals surface area (Å²) in [6.45, 7) is 5.43. The molecule has 2 saturated heterocycles. The molecule has 1 amide bonds. The number of carbonyl (C=O) groups is 1. The van der Waals surface area contributed by atoms with E-state index in [0.29, 0.717) is 18.6 Å². The van der Waals surface area contributed by atoms with Gasteiger partial charge in [-0.2, -0.15) is 0 Å². The van der Waals surface area contributed by atoms with Crippen LogP contribution in [0.4, 0.5) is 0 Å². The van der Waals surface area contributed by atoms with Crippen LogP contribution < -0.4 is 10.1 Å². The van der Waals surface area contributed by atoms with Crippen molar-refractivity contribution < 1.29 is 9.53 Å². The number of hydrogen-bond acceptors (Lipinski definition) is 3. The predicted octanol–water partition coefficient (Wildman–Crippen LogP) is 1.91. The highest BCUT2D eigenvalue weighted by molar-refractivity contribution is 5.94. The number of piperidine rings is 1. The first-order valence-electron chi connectivity index (χ1n) is 7.53. The molecule has 2 unspecified atom stereocenters. The van der Waals surface area contributed by atoms with Crippen molar-refractivity contribution >= 4 is 5.91 Å². The molecule has 4 heteroatoms. The van der Waals surface area contributed by atoms with E-state index in [-0.39, 0.29) is 5.91 Å². The lowest BCUT2D eigenvalue weighted by atomic mass is 9.94. The van der Waals surface area contributed by atoms with Gasteiger partial charge in [-0.15, -0.1) is 0 Å². The zero-order valence-corrected chi connectivity index (χ0v) is 12.0. The largest absolute Gasteiger partial charge is 0.494 e. The summed E-state index contributed by atoms with van der Waals surface area (Å²) < 4.78 is 5.41. The van der Waals surface area contributed by atoms with Crippen LogP contribution >= 0.6 is 0 Å². The quantitative estimate of drug-likeness (QED) is 0.915. The Morgan fingerprint density at radius 3 is 2.85 bits per heavy atom. The molecule has 0 spiro atoms. The maximum absolute atomic E-state index is 12.5. The third-order valence-electron chi connectivity index (χ3n) is 4.30. The molecule has 0 aliphatic carbocycles. The van der Waals surface area contributed by atoms with Crippen LogP contribution in [-0.2, 0) is 0 Å². The average Bonchev–Trinajstić information content (AvgIpc) is 2.91. The first-order valence-corrected chi connectivity index (χ1v) is 7.53. The van der Waals surface area contributed by atoms with E-state index in [1.807, 2.05) is 36.1 Å². The summed E-state index contributed by atoms with van der Waals surface area (Å²) >= 11 is 0. The molecule has 0 aromatic heterocycles. The lowest BCUT2D eigenvalue weighted by molar-refractivity contribution is 0.0785. The zero-order valence-electron chi connectivity index (χ0n) is 12.0. The Bertz CT molecular complexity index is 458. The van der Waals surface area contributed by atoms with Gasteiger partial charge in [0.1, 0.15) is 5.75 Å². The summed E-state index contributed by atoms with van der Waals surface area (Å²) in [5.41, 5.74) is 0.757. The molecule has 1 aromatic rings. The van der Waals surface area contributed by atoms with E-state index in [1.165, 1.54) is 12.8 Å². The van der Waals surface area contributed by atoms with Gasteiger partial charge in [-0.1, -0.05) is 0 Å². The lowest BCUT2D eigenvalue weighted by Gasteiger charge is -2.24. The highest BCUT2D eigenvalue weighted by atomic mass is 16.5. The van der Waals surface area contributed by atoms with Crippen LogP contribution in [0.25, 0.3) is 0 Å². The van der Waals surface area contributed by atoms with Crippen molar-refractivity contribution in [1.29, 1.82) is 0 Å². The molecule has 3 rings (SSSR count). The molecule has 2 heterocycles. The summed E-state index contributed by atoms with van der Waals surface area (Å²) in [7, 11) is 0. The number of ether oxygens (including phenoxy) is 1. The van der Waals surface area contributed by atoms with E-state index in [2.05, 4.69) is 5.32 Å². The van der Waals surface area contributed by atoms with Gasteiger partial charge in [-0.3, -0.25) is 4.79 Å². The van der Waals surface area contributed by atoms with Crippen molar-refractivity contribution in [3.8, 4) is 5.75 Å². The van der Waals surface area contributed by atoms with Gasteiger partial charge >= 0.3 is 0 Å². The maximum Gasteiger partial charge on any atom is 0.253 e. The summed E-state index contributed by atoms with van der Waals surface area (Å²) in [5.74, 6) is 1.60. The number of nitrogens with zero attached hydrogens (tertiary/aromatic N) is 1. The topological polar surface area (TPSA) is 41.6 Å². The van der Waals surface area contributed by atoms with Gasteiger partial charge < -0.3 is 15.0 Å². The number of hydrogen-bond donors (Lipinski definition) is 1. The lowest BCUT2D eigenvalue weighted by Crippen LogP contribution is -2.41. The molecule has 1 aromatic carbocycles. The molecule has 20 heavy (non-hydrogen) atoms. The van der Waals surface area contributed by atoms with Crippen LogP contribution in [0.5, 0.6) is 5.75 Å². The Labute approximate surface area is 120 Å². The van der Waals surface area contributed by atoms with Gasteiger partial charge in [0.15, 0.2) is 0 Å². The molecule has 108 valence electrons. The molecule has 0 saturated carbocycles. The molecule has 0 bridgehead atoms. The van der Waals surface area contributed by atoms with Crippen LogP contribution in [0.1, 0.15) is 30.1 Å². The number of likely N-dealkylation sites (tertiary alicyclic amines) is 1. The van der Waals surface area contributed by atoms with E-state index in [1.54, 1.807) is 0 Å². The summed E-state index contributed by atoms with van der Waals surface area (Å²) in [6.07, 6.45) is 2.47. The first-order chi connectivity index (χ1) is 9.78. The Morgan fingerprint density at radius 2 is 2.15 bits per heavy atom. The fourth-order valence-corrected chi connectivity index (χ4v) is 3.26. The zero-order chi connectivity index (χ0) is 13.9. The third kappa shape index (κ3) is 2.66. The number of rotatable bonds is 3. The minimum absolute atomic E-state index is 0.143. The highest BCUT2D eigenvalue weighted by Gasteiger charge is 2.36. The monoisotopic (exact) mass is 274 g/mol. The van der Waals surface area contributed by atoms with Gasteiger partial charge in [0.05, 0.1) is 6.61 Å². The highest BCUT2D eigenvalue weighted by Crippen LogP contribution is 2.26. The molecule has 1 N–H and O–H groups in total. The van der Waals surface area contributed by atoms with Gasteiger partial charge in [0.25, 0.3) is 5.91 Å². The van der Waals surface area contributed by atoms with Crippen molar-refractivity contribution in [1.82, 2.24) is 10.2 Å². The molecule has 2 aliphatic heterocycles. The van der Waals surface area contributed by atoms with E-state index in [4.69, 9.17) is 4.74 Å². The molecule has 2 fully saturated rings. The van der Waals surface area contributed by atoms with Crippen molar-refractivity contribution in [2.45, 2.75) is 25.8 Å². The van der Waals surface area contributed by atoms with Crippen molar-refractivity contribution in [2.24, 2.45) is 5.92 Å². The number of fused-ring (bicyclic) bond motifs is 1. The van der Waals surface area contributed by atoms with Crippen molar-refractivity contribution in [2.75, 3.05) is 26.2 Å². The second-order valence-corrected chi connectivity index (χ2v) is 5.63. The van der Waals surface area contributed by atoms with E-state index in [0.717, 1.165) is 30.9 Å². The van der Waals surface area contributed by atoms with Crippen LogP contribution in [0.3, 0.4) is 0 Å². The summed E-state index contributed by atoms with van der Waals surface area (Å²) in [4.78, 5) is 14.5. The minimum Gasteiger partial charge on any atom is -0.494 e. The molecule has 2 aliphatic rings. The van der Waals surface area contributed by atoms with Crippen LogP contribution in [0.2, 0.25) is 0 Å². The van der Waals surface area contributed by atoms with E-state index < -0.39 is 0 Å². The van der Waals surface area contributed by atoms with Crippen LogP contribution in [0.15, 0.2) is 24.3 Å². The number of nitrogens with one attached hydrogen (secondary N) is 1.